The quantitative estimate of drug-likeness (QED) is 0.570. The molecule has 0 amide bonds. The summed E-state index contributed by atoms with van der Waals surface area (Å²) in [4.78, 5) is 0. The van der Waals surface area contributed by atoms with E-state index < -0.39 is 18.3 Å². The van der Waals surface area contributed by atoms with Crippen LogP contribution in [0.1, 0.15) is 33.6 Å². The number of allylic oxidation sites excluding steroid dienone is 1. The highest BCUT2D eigenvalue weighted by atomic mass is 16.4. The third kappa shape index (κ3) is 1.16. The van der Waals surface area contributed by atoms with Crippen LogP contribution in [0.2, 0.25) is 0 Å². The lowest BCUT2D eigenvalue weighted by atomic mass is 9.66. The molecule has 0 radical (unpaired) electrons. The van der Waals surface area contributed by atoms with Gasteiger partial charge in [-0.25, -0.2) is 0 Å². The largest absolute Gasteiger partial charge is 0.390 e. The molecule has 0 aliphatic heterocycles. The maximum absolute atomic E-state index is 10.6. The van der Waals surface area contributed by atoms with Gasteiger partial charge in [0.05, 0.1) is 12.2 Å². The molecule has 0 aromatic heterocycles. The zero-order valence-electron chi connectivity index (χ0n) is 11.4. The minimum atomic E-state index is -1.05. The molecule has 0 saturated heterocycles. The predicted octanol–water partition coefficient (Wildman–Crippen LogP) is 1.33. The van der Waals surface area contributed by atoms with Crippen molar-refractivity contribution in [3.8, 4) is 0 Å². The van der Waals surface area contributed by atoms with Crippen molar-refractivity contribution < 1.29 is 15.3 Å². The van der Waals surface area contributed by atoms with Crippen molar-refractivity contribution in [3.05, 3.63) is 12.2 Å². The molecule has 3 aliphatic carbocycles. The Kier molecular flexibility index (Phi) is 2.38. The molecule has 0 heterocycles. The van der Waals surface area contributed by atoms with Crippen molar-refractivity contribution in [1.29, 1.82) is 0 Å². The molecule has 0 unspecified atom stereocenters. The normalized spacial score (nSPS) is 57.8. The van der Waals surface area contributed by atoms with Crippen LogP contribution in [-0.4, -0.2) is 33.6 Å². The van der Waals surface area contributed by atoms with Gasteiger partial charge in [-0.15, -0.1) is 0 Å². The van der Waals surface area contributed by atoms with Crippen molar-refractivity contribution in [3.63, 3.8) is 0 Å². The van der Waals surface area contributed by atoms with Crippen LogP contribution in [0.25, 0.3) is 0 Å². The molecule has 102 valence electrons. The average molecular weight is 252 g/mol. The second kappa shape index (κ2) is 3.38. The summed E-state index contributed by atoms with van der Waals surface area (Å²) in [6, 6.07) is 0. The molecular weight excluding hydrogens is 228 g/mol. The Balaban J connectivity index is 2.16. The maximum Gasteiger partial charge on any atom is 0.107 e. The second-order valence-electron chi connectivity index (χ2n) is 7.45. The van der Waals surface area contributed by atoms with Gasteiger partial charge in [0.25, 0.3) is 0 Å². The first-order chi connectivity index (χ1) is 8.22. The van der Waals surface area contributed by atoms with Gasteiger partial charge in [0.1, 0.15) is 6.10 Å². The van der Waals surface area contributed by atoms with E-state index in [1.165, 1.54) is 5.57 Å². The van der Waals surface area contributed by atoms with E-state index in [1.54, 1.807) is 0 Å². The van der Waals surface area contributed by atoms with Gasteiger partial charge in [0, 0.05) is 5.41 Å². The van der Waals surface area contributed by atoms with Crippen LogP contribution in [0, 0.1) is 28.6 Å². The van der Waals surface area contributed by atoms with Crippen LogP contribution in [0.5, 0.6) is 0 Å². The minimum absolute atomic E-state index is 0.235. The second-order valence-corrected chi connectivity index (χ2v) is 7.45. The van der Waals surface area contributed by atoms with Crippen molar-refractivity contribution in [2.24, 2.45) is 28.6 Å². The Morgan fingerprint density at radius 1 is 1.11 bits per heavy atom. The topological polar surface area (TPSA) is 60.7 Å². The molecule has 3 heteroatoms. The number of hydrogen-bond acceptors (Lipinski definition) is 3. The highest BCUT2D eigenvalue weighted by Crippen LogP contribution is 2.69. The summed E-state index contributed by atoms with van der Waals surface area (Å²) in [6.07, 6.45) is -0.768. The summed E-state index contributed by atoms with van der Waals surface area (Å²) < 4.78 is 0. The van der Waals surface area contributed by atoms with Crippen LogP contribution >= 0.6 is 0 Å². The summed E-state index contributed by atoms with van der Waals surface area (Å²) in [5.74, 6) is 0.950. The summed E-state index contributed by atoms with van der Waals surface area (Å²) in [5.41, 5.74) is 0.517. The maximum atomic E-state index is 10.6. The average Bonchev–Trinajstić information content (AvgIpc) is 2.73. The highest BCUT2D eigenvalue weighted by Gasteiger charge is 2.68. The lowest BCUT2D eigenvalue weighted by Crippen LogP contribution is -2.51. The number of hydrogen-bond donors (Lipinski definition) is 3. The molecule has 3 fully saturated rings. The first kappa shape index (κ1) is 12.6. The summed E-state index contributed by atoms with van der Waals surface area (Å²) in [5, 5.41) is 31.2. The minimum Gasteiger partial charge on any atom is -0.390 e. The van der Waals surface area contributed by atoms with Gasteiger partial charge >= 0.3 is 0 Å². The first-order valence-electron chi connectivity index (χ1n) is 6.94. The smallest absolute Gasteiger partial charge is 0.107 e. The highest BCUT2D eigenvalue weighted by molar-refractivity contribution is 5.28. The molecular formula is C15H24O3. The Bertz CT molecular complexity index is 403. The molecule has 3 rings (SSSR count). The van der Waals surface area contributed by atoms with Crippen molar-refractivity contribution in [2.75, 3.05) is 0 Å². The summed E-state index contributed by atoms with van der Waals surface area (Å²) in [6.45, 7) is 10.3. The van der Waals surface area contributed by atoms with Gasteiger partial charge in [-0.3, -0.25) is 0 Å². The van der Waals surface area contributed by atoms with Crippen LogP contribution in [0.15, 0.2) is 12.2 Å². The van der Waals surface area contributed by atoms with Crippen LogP contribution in [-0.2, 0) is 0 Å². The molecule has 0 aromatic rings. The van der Waals surface area contributed by atoms with E-state index in [-0.39, 0.29) is 16.7 Å². The molecule has 0 aromatic carbocycles. The molecule has 4 bridgehead atoms. The van der Waals surface area contributed by atoms with E-state index in [4.69, 9.17) is 0 Å². The van der Waals surface area contributed by atoms with Gasteiger partial charge in [-0.2, -0.15) is 0 Å². The van der Waals surface area contributed by atoms with E-state index in [2.05, 4.69) is 13.5 Å². The standard InChI is InChI=1S/C15H24O3/c1-7-5-8-6-9-10(7)15(8,4)13(18)11(16)12(17)14(9,2)3/h8-13,16-18H,1,5-6H2,2-4H3/t8-,9-,10+,11-,12-,13-,15+/m1/s1. The number of aliphatic hydroxyl groups is 3. The number of rotatable bonds is 0. The van der Waals surface area contributed by atoms with E-state index in [0.29, 0.717) is 11.8 Å². The van der Waals surface area contributed by atoms with Gasteiger partial charge in [-0.05, 0) is 36.0 Å². The molecule has 3 aliphatic rings. The Morgan fingerprint density at radius 2 is 1.72 bits per heavy atom. The van der Waals surface area contributed by atoms with Crippen LogP contribution in [0.4, 0.5) is 0 Å². The molecule has 18 heavy (non-hydrogen) atoms. The Labute approximate surface area is 109 Å². The van der Waals surface area contributed by atoms with E-state index in [0.717, 1.165) is 12.8 Å². The molecule has 3 N–H and O–H groups in total. The van der Waals surface area contributed by atoms with Gasteiger partial charge < -0.3 is 15.3 Å². The first-order valence-corrected chi connectivity index (χ1v) is 6.94. The third-order valence-electron chi connectivity index (χ3n) is 6.44. The van der Waals surface area contributed by atoms with Gasteiger partial charge in [0.15, 0.2) is 0 Å². The monoisotopic (exact) mass is 252 g/mol. The lowest BCUT2D eigenvalue weighted by molar-refractivity contribution is -0.140. The van der Waals surface area contributed by atoms with Crippen molar-refractivity contribution in [1.82, 2.24) is 0 Å². The SMILES string of the molecule is C=C1C[C@@H]2C[C@@H]3[C@H]1[C@@]2(C)[C@H](O)[C@H](O)[C@@H](O)C3(C)C. The zero-order valence-corrected chi connectivity index (χ0v) is 11.4. The van der Waals surface area contributed by atoms with Crippen molar-refractivity contribution >= 4 is 0 Å². The Morgan fingerprint density at radius 3 is 2.33 bits per heavy atom. The van der Waals surface area contributed by atoms with E-state index in [9.17, 15) is 15.3 Å². The Hall–Kier alpha value is -0.380. The predicted molar refractivity (Wildman–Crippen MR) is 68.8 cm³/mol. The molecule has 3 saturated carbocycles. The van der Waals surface area contributed by atoms with Gasteiger partial charge in [0.2, 0.25) is 0 Å². The summed E-state index contributed by atoms with van der Waals surface area (Å²) in [7, 11) is 0. The molecule has 0 spiro atoms. The fourth-order valence-electron chi connectivity index (χ4n) is 5.21. The lowest BCUT2D eigenvalue weighted by Gasteiger charge is -2.42. The van der Waals surface area contributed by atoms with Gasteiger partial charge in [-0.1, -0.05) is 32.9 Å². The van der Waals surface area contributed by atoms with Crippen LogP contribution < -0.4 is 0 Å². The molecule has 7 atom stereocenters. The van der Waals surface area contributed by atoms with E-state index >= 15 is 0 Å². The van der Waals surface area contributed by atoms with Crippen molar-refractivity contribution in [2.45, 2.75) is 51.9 Å². The fourth-order valence-corrected chi connectivity index (χ4v) is 5.21. The molecule has 3 nitrogen and oxygen atoms in total. The fraction of sp³-hybridized carbons (Fsp3) is 0.867. The van der Waals surface area contributed by atoms with E-state index in [1.807, 2.05) is 13.8 Å². The third-order valence-corrected chi connectivity index (χ3v) is 6.44. The summed E-state index contributed by atoms with van der Waals surface area (Å²) >= 11 is 0. The van der Waals surface area contributed by atoms with Crippen LogP contribution in [0.3, 0.4) is 0 Å². The zero-order chi connectivity index (χ0) is 13.5. The number of aliphatic hydroxyl groups excluding tert-OH is 3.